The van der Waals surface area contributed by atoms with Crippen LogP contribution in [0.3, 0.4) is 0 Å². The highest BCUT2D eigenvalue weighted by molar-refractivity contribution is 5.78. The van der Waals surface area contributed by atoms with Crippen LogP contribution >= 0.6 is 0 Å². The summed E-state index contributed by atoms with van der Waals surface area (Å²) >= 11 is 0. The molecule has 2 fully saturated rings. The SMILES string of the molecule is CCCCOCC1CN(C2CC[C@@H](C)C(N=C/C=C/c3ccccc3)C2)C(/C=C/c2ccccc2)O1. The molecule has 0 radical (unpaired) electrons. The molecule has 4 unspecified atom stereocenters. The summed E-state index contributed by atoms with van der Waals surface area (Å²) < 4.78 is 12.4. The predicted molar refractivity (Wildman–Crippen MR) is 151 cm³/mol. The molecule has 4 nitrogen and oxygen atoms in total. The highest BCUT2D eigenvalue weighted by Crippen LogP contribution is 2.34. The molecule has 0 aromatic heterocycles. The summed E-state index contributed by atoms with van der Waals surface area (Å²) in [6.07, 6.45) is 16.4. The fraction of sp³-hybridized carbons (Fsp3) is 0.469. The van der Waals surface area contributed by atoms with E-state index in [1.54, 1.807) is 0 Å². The summed E-state index contributed by atoms with van der Waals surface area (Å²) in [5, 5.41) is 0. The highest BCUT2D eigenvalue weighted by Gasteiger charge is 2.39. The van der Waals surface area contributed by atoms with Crippen LogP contribution in [0.1, 0.15) is 57.1 Å². The zero-order chi connectivity index (χ0) is 25.0. The average Bonchev–Trinajstić information content (AvgIpc) is 3.33. The minimum absolute atomic E-state index is 0.0222. The third kappa shape index (κ3) is 7.99. The second-order valence-corrected chi connectivity index (χ2v) is 10.1. The Morgan fingerprint density at radius 3 is 2.44 bits per heavy atom. The van der Waals surface area contributed by atoms with Crippen molar-refractivity contribution in [3.05, 3.63) is 83.9 Å². The van der Waals surface area contributed by atoms with Crippen LogP contribution in [0.5, 0.6) is 0 Å². The van der Waals surface area contributed by atoms with E-state index in [1.807, 2.05) is 12.3 Å². The number of aliphatic imine (C=N–C) groups is 1. The van der Waals surface area contributed by atoms with Gasteiger partial charge >= 0.3 is 0 Å². The van der Waals surface area contributed by atoms with Gasteiger partial charge < -0.3 is 9.47 Å². The van der Waals surface area contributed by atoms with Gasteiger partial charge in [-0.1, -0.05) is 93.1 Å². The predicted octanol–water partition coefficient (Wildman–Crippen LogP) is 6.88. The first kappa shape index (κ1) is 26.5. The summed E-state index contributed by atoms with van der Waals surface area (Å²) in [6, 6.07) is 21.7. The minimum atomic E-state index is -0.0222. The molecular formula is C32H42N2O2. The van der Waals surface area contributed by atoms with E-state index in [2.05, 4.69) is 97.6 Å². The lowest BCUT2D eigenvalue weighted by Gasteiger charge is -2.38. The Morgan fingerprint density at radius 2 is 1.72 bits per heavy atom. The van der Waals surface area contributed by atoms with Crippen LogP contribution in [0.25, 0.3) is 12.2 Å². The number of hydrogen-bond donors (Lipinski definition) is 0. The highest BCUT2D eigenvalue weighted by atomic mass is 16.6. The molecular weight excluding hydrogens is 444 g/mol. The fourth-order valence-electron chi connectivity index (χ4n) is 5.15. The zero-order valence-electron chi connectivity index (χ0n) is 21.9. The first-order valence-corrected chi connectivity index (χ1v) is 13.7. The number of benzene rings is 2. The van der Waals surface area contributed by atoms with Gasteiger partial charge in [0, 0.05) is 25.4 Å². The van der Waals surface area contributed by atoms with Gasteiger partial charge in [0.05, 0.1) is 18.8 Å². The molecule has 0 N–H and O–H groups in total. The molecule has 1 heterocycles. The largest absolute Gasteiger partial charge is 0.379 e. The first-order valence-electron chi connectivity index (χ1n) is 13.7. The topological polar surface area (TPSA) is 34.1 Å². The molecule has 1 saturated heterocycles. The molecule has 1 saturated carbocycles. The number of unbranched alkanes of at least 4 members (excludes halogenated alkanes) is 1. The summed E-state index contributed by atoms with van der Waals surface area (Å²) in [6.45, 7) is 6.94. The van der Waals surface area contributed by atoms with Crippen molar-refractivity contribution in [2.24, 2.45) is 10.9 Å². The van der Waals surface area contributed by atoms with Gasteiger partial charge in [-0.15, -0.1) is 0 Å². The average molecular weight is 487 g/mol. The maximum atomic E-state index is 6.50. The second kappa shape index (κ2) is 14.3. The van der Waals surface area contributed by atoms with Crippen LogP contribution in [0.2, 0.25) is 0 Å². The van der Waals surface area contributed by atoms with Crippen molar-refractivity contribution in [3.8, 4) is 0 Å². The van der Waals surface area contributed by atoms with E-state index in [0.717, 1.165) is 32.4 Å². The molecule has 0 amide bonds. The lowest BCUT2D eigenvalue weighted by molar-refractivity contribution is -0.0214. The molecule has 2 aromatic carbocycles. The number of hydrogen-bond acceptors (Lipinski definition) is 4. The number of ether oxygens (including phenoxy) is 2. The van der Waals surface area contributed by atoms with Gasteiger partial charge in [-0.2, -0.15) is 0 Å². The minimum Gasteiger partial charge on any atom is -0.379 e. The molecule has 1 aliphatic carbocycles. The Kier molecular flexibility index (Phi) is 10.5. The maximum absolute atomic E-state index is 6.50. The molecule has 2 aromatic rings. The van der Waals surface area contributed by atoms with Crippen LogP contribution in [-0.4, -0.2) is 55.3 Å². The quantitative estimate of drug-likeness (QED) is 0.256. The summed E-state index contributed by atoms with van der Waals surface area (Å²) in [7, 11) is 0. The summed E-state index contributed by atoms with van der Waals surface area (Å²) in [5.41, 5.74) is 2.40. The van der Waals surface area contributed by atoms with Crippen molar-refractivity contribution in [2.45, 2.75) is 70.4 Å². The number of rotatable bonds is 11. The van der Waals surface area contributed by atoms with Gasteiger partial charge in [0.25, 0.3) is 0 Å². The van der Waals surface area contributed by atoms with E-state index in [-0.39, 0.29) is 12.3 Å². The summed E-state index contributed by atoms with van der Waals surface area (Å²) in [4.78, 5) is 7.54. The molecule has 0 bridgehead atoms. The lowest BCUT2D eigenvalue weighted by Crippen LogP contribution is -2.44. The van der Waals surface area contributed by atoms with Crippen LogP contribution in [0, 0.1) is 5.92 Å². The van der Waals surface area contributed by atoms with Gasteiger partial charge in [0.15, 0.2) is 0 Å². The molecule has 0 spiro atoms. The van der Waals surface area contributed by atoms with Crippen LogP contribution < -0.4 is 0 Å². The Bertz CT molecular complexity index is 972. The van der Waals surface area contributed by atoms with Crippen molar-refractivity contribution in [1.82, 2.24) is 4.90 Å². The van der Waals surface area contributed by atoms with Crippen molar-refractivity contribution in [2.75, 3.05) is 19.8 Å². The monoisotopic (exact) mass is 486 g/mol. The number of nitrogens with zero attached hydrogens (tertiary/aromatic N) is 2. The van der Waals surface area contributed by atoms with Gasteiger partial charge in [-0.3, -0.25) is 9.89 Å². The molecule has 5 atom stereocenters. The van der Waals surface area contributed by atoms with Crippen molar-refractivity contribution in [1.29, 1.82) is 0 Å². The third-order valence-electron chi connectivity index (χ3n) is 7.32. The van der Waals surface area contributed by atoms with E-state index >= 15 is 0 Å². The third-order valence-corrected chi connectivity index (χ3v) is 7.32. The van der Waals surface area contributed by atoms with E-state index in [4.69, 9.17) is 14.5 Å². The van der Waals surface area contributed by atoms with Crippen LogP contribution in [0.4, 0.5) is 0 Å². The Labute approximate surface area is 217 Å². The molecule has 192 valence electrons. The standard InChI is InChI=1S/C32H42N2O2/c1-3-4-22-35-25-30-24-34(32(36-30)20-18-28-14-9-6-10-15-28)29-19-17-26(2)31(23-29)33-21-11-16-27-12-7-5-8-13-27/h5-16,18,20-21,26,29-32H,3-4,17,19,22-25H2,1-2H3/b16-11+,20-18+,33-21?/t26-,29?,30?,31?,32?/m1/s1. The summed E-state index contributed by atoms with van der Waals surface area (Å²) in [5.74, 6) is 0.595. The maximum Gasteiger partial charge on any atom is 0.131 e. The normalized spacial score (nSPS) is 27.6. The van der Waals surface area contributed by atoms with Gasteiger partial charge in [0.1, 0.15) is 6.23 Å². The zero-order valence-corrected chi connectivity index (χ0v) is 21.9. The second-order valence-electron chi connectivity index (χ2n) is 10.1. The van der Waals surface area contributed by atoms with Gasteiger partial charge in [-0.05, 0) is 54.9 Å². The molecule has 4 rings (SSSR count). The van der Waals surface area contributed by atoms with E-state index < -0.39 is 0 Å². The molecule has 4 heteroatoms. The van der Waals surface area contributed by atoms with Crippen LogP contribution in [0.15, 0.2) is 77.8 Å². The smallest absolute Gasteiger partial charge is 0.131 e. The molecule has 2 aliphatic rings. The van der Waals surface area contributed by atoms with Crippen molar-refractivity contribution < 1.29 is 9.47 Å². The molecule has 36 heavy (non-hydrogen) atoms. The van der Waals surface area contributed by atoms with E-state index in [0.29, 0.717) is 24.6 Å². The van der Waals surface area contributed by atoms with Crippen LogP contribution in [-0.2, 0) is 9.47 Å². The first-order chi connectivity index (χ1) is 17.7. The Hall–Kier alpha value is -2.53. The number of allylic oxidation sites excluding steroid dienone is 1. The fourth-order valence-corrected chi connectivity index (χ4v) is 5.15. The Balaban J connectivity index is 1.40. The van der Waals surface area contributed by atoms with Gasteiger partial charge in [-0.25, -0.2) is 0 Å². The Morgan fingerprint density at radius 1 is 1.00 bits per heavy atom. The van der Waals surface area contributed by atoms with Gasteiger partial charge in [0.2, 0.25) is 0 Å². The van der Waals surface area contributed by atoms with E-state index in [9.17, 15) is 0 Å². The molecule has 1 aliphatic heterocycles. The van der Waals surface area contributed by atoms with E-state index in [1.165, 1.54) is 24.0 Å². The lowest BCUT2D eigenvalue weighted by atomic mass is 9.82. The van der Waals surface area contributed by atoms with Crippen molar-refractivity contribution >= 4 is 18.4 Å². The van der Waals surface area contributed by atoms with Crippen molar-refractivity contribution in [3.63, 3.8) is 0 Å².